The second-order valence-electron chi connectivity index (χ2n) is 6.77. The molecule has 0 bridgehead atoms. The number of fused-ring (bicyclic) bond motifs is 1. The van der Waals surface area contributed by atoms with Crippen LogP contribution in [0.25, 0.3) is 0 Å². The average Bonchev–Trinajstić information content (AvgIpc) is 2.66. The number of nitrogens with one attached hydrogen (secondary N) is 2. The molecule has 2 aromatic rings. The molecule has 0 saturated heterocycles. The van der Waals surface area contributed by atoms with Gasteiger partial charge in [0.05, 0.1) is 10.9 Å². The summed E-state index contributed by atoms with van der Waals surface area (Å²) in [6.07, 6.45) is 1.74. The predicted octanol–water partition coefficient (Wildman–Crippen LogP) is 2.29. The van der Waals surface area contributed by atoms with Gasteiger partial charge in [0, 0.05) is 24.8 Å². The van der Waals surface area contributed by atoms with Crippen LogP contribution in [-0.4, -0.2) is 32.8 Å². The summed E-state index contributed by atoms with van der Waals surface area (Å²) in [5.41, 5.74) is 2.43. The van der Waals surface area contributed by atoms with Gasteiger partial charge in [0.15, 0.2) is 0 Å². The number of para-hydroxylation sites is 1. The van der Waals surface area contributed by atoms with Gasteiger partial charge < -0.3 is 10.2 Å². The topological polar surface area (TPSA) is 95.6 Å². The number of hydrogen-bond acceptors (Lipinski definition) is 4. The summed E-state index contributed by atoms with van der Waals surface area (Å²) < 4.78 is 27.7. The molecule has 0 aliphatic carbocycles. The smallest absolute Gasteiger partial charge is 0.244 e. The molecule has 0 saturated carbocycles. The summed E-state index contributed by atoms with van der Waals surface area (Å²) in [7, 11) is -3.88. The SMILES string of the molecule is CC(=O)Nc1ccc(S(=O)(=O)NC(C)C(=O)N2CCCc3ccccc32)cc1. The fraction of sp³-hybridized carbons (Fsp3) is 0.300. The molecule has 148 valence electrons. The van der Waals surface area contributed by atoms with Crippen molar-refractivity contribution in [2.75, 3.05) is 16.8 Å². The number of benzene rings is 2. The molecule has 2 amide bonds. The molecule has 1 unspecified atom stereocenters. The lowest BCUT2D eigenvalue weighted by Gasteiger charge is -2.31. The van der Waals surface area contributed by atoms with Crippen molar-refractivity contribution >= 4 is 33.2 Å². The third-order valence-corrected chi connectivity index (χ3v) is 6.12. The van der Waals surface area contributed by atoms with Crippen LogP contribution in [0.5, 0.6) is 0 Å². The molecule has 1 aliphatic heterocycles. The van der Waals surface area contributed by atoms with Crippen molar-refractivity contribution in [1.29, 1.82) is 0 Å². The van der Waals surface area contributed by atoms with E-state index < -0.39 is 16.1 Å². The van der Waals surface area contributed by atoms with Crippen molar-refractivity contribution in [3.8, 4) is 0 Å². The Morgan fingerprint density at radius 2 is 1.75 bits per heavy atom. The normalized spacial score (nSPS) is 14.9. The van der Waals surface area contributed by atoms with Crippen LogP contribution in [-0.2, 0) is 26.0 Å². The second kappa shape index (κ2) is 8.12. The summed E-state index contributed by atoms with van der Waals surface area (Å²) in [4.78, 5) is 25.6. The fourth-order valence-electron chi connectivity index (χ4n) is 3.27. The Morgan fingerprint density at radius 3 is 2.43 bits per heavy atom. The molecule has 0 fully saturated rings. The lowest BCUT2D eigenvalue weighted by atomic mass is 10.0. The van der Waals surface area contributed by atoms with E-state index in [-0.39, 0.29) is 16.7 Å². The quantitative estimate of drug-likeness (QED) is 0.804. The van der Waals surface area contributed by atoms with Crippen LogP contribution in [0.3, 0.4) is 0 Å². The van der Waals surface area contributed by atoms with E-state index in [0.717, 1.165) is 24.1 Å². The zero-order valence-electron chi connectivity index (χ0n) is 15.8. The lowest BCUT2D eigenvalue weighted by molar-refractivity contribution is -0.120. The van der Waals surface area contributed by atoms with Gasteiger partial charge in [0.2, 0.25) is 21.8 Å². The molecule has 0 aromatic heterocycles. The highest BCUT2D eigenvalue weighted by Gasteiger charge is 2.29. The number of amides is 2. The Bertz CT molecular complexity index is 987. The van der Waals surface area contributed by atoms with E-state index >= 15 is 0 Å². The van der Waals surface area contributed by atoms with Crippen molar-refractivity contribution in [2.24, 2.45) is 0 Å². The minimum absolute atomic E-state index is 0.0281. The molecular weight excluding hydrogens is 378 g/mol. The summed E-state index contributed by atoms with van der Waals surface area (Å²) in [5, 5.41) is 2.58. The maximum absolute atomic E-state index is 12.9. The van der Waals surface area contributed by atoms with Crippen molar-refractivity contribution in [1.82, 2.24) is 4.72 Å². The van der Waals surface area contributed by atoms with Gasteiger partial charge in [-0.2, -0.15) is 4.72 Å². The molecule has 0 spiro atoms. The second-order valence-corrected chi connectivity index (χ2v) is 8.48. The molecule has 8 heteroatoms. The van der Waals surface area contributed by atoms with E-state index in [1.807, 2.05) is 24.3 Å². The number of aryl methyl sites for hydroxylation is 1. The summed E-state index contributed by atoms with van der Waals surface area (Å²) >= 11 is 0. The van der Waals surface area contributed by atoms with E-state index in [9.17, 15) is 18.0 Å². The maximum Gasteiger partial charge on any atom is 0.244 e. The first-order chi connectivity index (χ1) is 13.3. The minimum Gasteiger partial charge on any atom is -0.326 e. The van der Waals surface area contributed by atoms with Crippen LogP contribution in [0.2, 0.25) is 0 Å². The molecule has 1 heterocycles. The molecule has 2 N–H and O–H groups in total. The number of anilines is 2. The minimum atomic E-state index is -3.88. The van der Waals surface area contributed by atoms with Gasteiger partial charge in [0.1, 0.15) is 0 Å². The molecule has 1 aliphatic rings. The molecule has 1 atom stereocenters. The highest BCUT2D eigenvalue weighted by Crippen LogP contribution is 2.27. The molecular formula is C20H23N3O4S. The Labute approximate surface area is 164 Å². The van der Waals surface area contributed by atoms with E-state index in [4.69, 9.17) is 0 Å². The summed E-state index contributed by atoms with van der Waals surface area (Å²) in [5.74, 6) is -0.527. The van der Waals surface area contributed by atoms with Crippen molar-refractivity contribution in [2.45, 2.75) is 37.6 Å². The summed E-state index contributed by atoms with van der Waals surface area (Å²) in [6.45, 7) is 3.48. The summed E-state index contributed by atoms with van der Waals surface area (Å²) in [6, 6.07) is 12.6. The van der Waals surface area contributed by atoms with Gasteiger partial charge in [0.25, 0.3) is 0 Å². The van der Waals surface area contributed by atoms with E-state index in [1.165, 1.54) is 31.2 Å². The predicted molar refractivity (Wildman–Crippen MR) is 108 cm³/mol. The van der Waals surface area contributed by atoms with Crippen LogP contribution >= 0.6 is 0 Å². The van der Waals surface area contributed by atoms with Crippen molar-refractivity contribution in [3.63, 3.8) is 0 Å². The van der Waals surface area contributed by atoms with Crippen molar-refractivity contribution in [3.05, 3.63) is 54.1 Å². The Balaban J connectivity index is 1.74. The van der Waals surface area contributed by atoms with E-state index in [1.54, 1.807) is 11.8 Å². The largest absolute Gasteiger partial charge is 0.326 e. The third-order valence-electron chi connectivity index (χ3n) is 4.56. The van der Waals surface area contributed by atoms with Crippen LogP contribution in [0.1, 0.15) is 25.8 Å². The molecule has 0 radical (unpaired) electrons. The number of nitrogens with zero attached hydrogens (tertiary/aromatic N) is 1. The first-order valence-electron chi connectivity index (χ1n) is 9.07. The van der Waals surface area contributed by atoms with Gasteiger partial charge in [-0.3, -0.25) is 9.59 Å². The molecule has 2 aromatic carbocycles. The van der Waals surface area contributed by atoms with Gasteiger partial charge >= 0.3 is 0 Å². The highest BCUT2D eigenvalue weighted by atomic mass is 32.2. The van der Waals surface area contributed by atoms with Crippen LogP contribution in [0.15, 0.2) is 53.4 Å². The Hall–Kier alpha value is -2.71. The van der Waals surface area contributed by atoms with E-state index in [0.29, 0.717) is 12.2 Å². The first-order valence-corrected chi connectivity index (χ1v) is 10.6. The maximum atomic E-state index is 12.9. The van der Waals surface area contributed by atoms with Crippen LogP contribution in [0.4, 0.5) is 11.4 Å². The monoisotopic (exact) mass is 401 g/mol. The van der Waals surface area contributed by atoms with Gasteiger partial charge in [-0.1, -0.05) is 18.2 Å². The zero-order chi connectivity index (χ0) is 20.3. The van der Waals surface area contributed by atoms with Crippen LogP contribution in [0, 0.1) is 0 Å². The number of carbonyl (C=O) groups is 2. The van der Waals surface area contributed by atoms with Gasteiger partial charge in [-0.25, -0.2) is 8.42 Å². The fourth-order valence-corrected chi connectivity index (χ4v) is 4.46. The number of sulfonamides is 1. The first kappa shape index (κ1) is 20.0. The standard InChI is InChI=1S/C20H23N3O4S/c1-14(20(25)23-13-5-7-16-6-3-4-8-19(16)23)22-28(26,27)18-11-9-17(10-12-18)21-15(2)24/h3-4,6,8-12,14,22H,5,7,13H2,1-2H3,(H,21,24). The van der Waals surface area contributed by atoms with Gasteiger partial charge in [-0.15, -0.1) is 0 Å². The average molecular weight is 401 g/mol. The highest BCUT2D eigenvalue weighted by molar-refractivity contribution is 7.89. The van der Waals surface area contributed by atoms with Crippen LogP contribution < -0.4 is 14.9 Å². The number of hydrogen-bond donors (Lipinski definition) is 2. The molecule has 7 nitrogen and oxygen atoms in total. The zero-order valence-corrected chi connectivity index (χ0v) is 16.6. The van der Waals surface area contributed by atoms with Gasteiger partial charge in [-0.05, 0) is 55.7 Å². The molecule has 28 heavy (non-hydrogen) atoms. The Kier molecular flexibility index (Phi) is 5.81. The third kappa shape index (κ3) is 4.40. The Morgan fingerprint density at radius 1 is 1.07 bits per heavy atom. The number of rotatable bonds is 5. The lowest BCUT2D eigenvalue weighted by Crippen LogP contribution is -2.48. The number of carbonyl (C=O) groups excluding carboxylic acids is 2. The van der Waals surface area contributed by atoms with E-state index in [2.05, 4.69) is 10.0 Å². The molecule has 3 rings (SSSR count). The van der Waals surface area contributed by atoms with Crippen molar-refractivity contribution < 1.29 is 18.0 Å².